The zero-order chi connectivity index (χ0) is 26.8. The lowest BCUT2D eigenvalue weighted by Crippen LogP contribution is -2.44. The predicted molar refractivity (Wildman–Crippen MR) is 121 cm³/mol. The summed E-state index contributed by atoms with van der Waals surface area (Å²) in [7, 11) is -3.02. The number of anilines is 2. The van der Waals surface area contributed by atoms with Crippen molar-refractivity contribution < 1.29 is 44.7 Å². The van der Waals surface area contributed by atoms with Crippen molar-refractivity contribution in [3.63, 3.8) is 0 Å². The van der Waals surface area contributed by atoms with Crippen LogP contribution < -0.4 is 14.1 Å². The summed E-state index contributed by atoms with van der Waals surface area (Å²) >= 11 is 0. The number of likely N-dealkylation sites (N-methyl/N-ethyl adjacent to an activating group) is 1. The Kier molecular flexibility index (Phi) is 7.98. The number of sulfonamides is 1. The van der Waals surface area contributed by atoms with Gasteiger partial charge in [-0.1, -0.05) is 16.6 Å². The minimum atomic E-state index is -5.53. The molecule has 0 atom stereocenters. The first-order chi connectivity index (χ1) is 16.7. The SMILES string of the molecule is Cc1ccc(S(=O)(=O)N(OC(=O)C(F)(F)F)c2cc(OC(F)F)ccc2C)cc1N1CCN(C)CC1. The van der Waals surface area contributed by atoms with E-state index in [1.54, 1.807) is 6.92 Å². The average molecular weight is 538 g/mol. The minimum Gasteiger partial charge on any atom is -0.435 e. The summed E-state index contributed by atoms with van der Waals surface area (Å²) in [5, 5.41) is 0. The van der Waals surface area contributed by atoms with Crippen LogP contribution in [-0.4, -0.2) is 65.3 Å². The molecule has 2 aromatic carbocycles. The highest BCUT2D eigenvalue weighted by Gasteiger charge is 2.45. The number of aryl methyl sites for hydroxylation is 2. The minimum absolute atomic E-state index is 0.0153. The Morgan fingerprint density at radius 2 is 1.61 bits per heavy atom. The van der Waals surface area contributed by atoms with Crippen LogP contribution in [0.2, 0.25) is 0 Å². The van der Waals surface area contributed by atoms with E-state index < -0.39 is 45.1 Å². The molecule has 0 aromatic heterocycles. The highest BCUT2D eigenvalue weighted by Crippen LogP contribution is 2.34. The fourth-order valence-electron chi connectivity index (χ4n) is 3.55. The van der Waals surface area contributed by atoms with Gasteiger partial charge in [0.25, 0.3) is 10.0 Å². The summed E-state index contributed by atoms with van der Waals surface area (Å²) in [4.78, 5) is 19.5. The molecule has 1 aliphatic rings. The summed E-state index contributed by atoms with van der Waals surface area (Å²) in [6.07, 6.45) is -5.53. The van der Waals surface area contributed by atoms with Crippen molar-refractivity contribution in [2.75, 3.05) is 42.6 Å². The molecule has 0 amide bonds. The Labute approximate surface area is 204 Å². The van der Waals surface area contributed by atoms with Crippen molar-refractivity contribution in [1.82, 2.24) is 4.90 Å². The lowest BCUT2D eigenvalue weighted by molar-refractivity contribution is -0.199. The number of benzene rings is 2. The molecule has 3 rings (SSSR count). The van der Waals surface area contributed by atoms with Gasteiger partial charge in [0.1, 0.15) is 11.4 Å². The van der Waals surface area contributed by atoms with Crippen molar-refractivity contribution in [3.05, 3.63) is 47.5 Å². The van der Waals surface area contributed by atoms with Crippen molar-refractivity contribution >= 4 is 27.4 Å². The molecule has 8 nitrogen and oxygen atoms in total. The van der Waals surface area contributed by atoms with Gasteiger partial charge in [0.15, 0.2) is 0 Å². The number of halogens is 5. The monoisotopic (exact) mass is 537 g/mol. The van der Waals surface area contributed by atoms with Gasteiger partial charge in [0, 0.05) is 37.9 Å². The van der Waals surface area contributed by atoms with Gasteiger partial charge in [0.2, 0.25) is 0 Å². The van der Waals surface area contributed by atoms with E-state index in [4.69, 9.17) is 0 Å². The maximum atomic E-state index is 13.5. The molecule has 1 heterocycles. The first kappa shape index (κ1) is 27.5. The third-order valence-electron chi connectivity index (χ3n) is 5.54. The van der Waals surface area contributed by atoms with Gasteiger partial charge in [0.05, 0.1) is 4.90 Å². The van der Waals surface area contributed by atoms with Gasteiger partial charge < -0.3 is 19.4 Å². The van der Waals surface area contributed by atoms with E-state index in [-0.39, 0.29) is 10.0 Å². The Morgan fingerprint density at radius 3 is 2.19 bits per heavy atom. The van der Waals surface area contributed by atoms with Crippen molar-refractivity contribution in [1.29, 1.82) is 0 Å². The van der Waals surface area contributed by atoms with Crippen LogP contribution in [0, 0.1) is 13.8 Å². The van der Waals surface area contributed by atoms with Crippen LogP contribution in [0.15, 0.2) is 41.3 Å². The average Bonchev–Trinajstić information content (AvgIpc) is 2.78. The molecule has 1 saturated heterocycles. The van der Waals surface area contributed by atoms with E-state index in [9.17, 15) is 35.2 Å². The predicted octanol–water partition coefficient (Wildman–Crippen LogP) is 3.87. The van der Waals surface area contributed by atoms with Crippen LogP contribution in [0.4, 0.5) is 33.3 Å². The molecule has 198 valence electrons. The van der Waals surface area contributed by atoms with E-state index in [2.05, 4.69) is 14.5 Å². The molecule has 0 aliphatic carbocycles. The van der Waals surface area contributed by atoms with Gasteiger partial charge >= 0.3 is 18.8 Å². The second-order valence-electron chi connectivity index (χ2n) is 8.17. The third kappa shape index (κ3) is 6.16. The Hall–Kier alpha value is -3.13. The highest BCUT2D eigenvalue weighted by atomic mass is 32.2. The Bertz CT molecular complexity index is 1220. The molecule has 1 fully saturated rings. The zero-order valence-corrected chi connectivity index (χ0v) is 20.4. The topological polar surface area (TPSA) is 79.4 Å². The summed E-state index contributed by atoms with van der Waals surface area (Å²) in [6.45, 7) is 2.35. The smallest absolute Gasteiger partial charge is 0.435 e. The van der Waals surface area contributed by atoms with Crippen molar-refractivity contribution in [2.24, 2.45) is 0 Å². The van der Waals surface area contributed by atoms with Gasteiger partial charge in [-0.2, -0.15) is 30.4 Å². The Morgan fingerprint density at radius 1 is 1.00 bits per heavy atom. The van der Waals surface area contributed by atoms with Crippen LogP contribution in [-0.2, 0) is 19.7 Å². The van der Waals surface area contributed by atoms with E-state index in [0.717, 1.165) is 29.8 Å². The second-order valence-corrected chi connectivity index (χ2v) is 9.93. The molecule has 0 saturated carbocycles. The number of ether oxygens (including phenoxy) is 1. The normalized spacial score (nSPS) is 15.2. The summed E-state index contributed by atoms with van der Waals surface area (Å²) in [5.74, 6) is -3.35. The molecule has 2 aromatic rings. The van der Waals surface area contributed by atoms with Gasteiger partial charge in [-0.05, 0) is 50.2 Å². The van der Waals surface area contributed by atoms with E-state index in [1.165, 1.54) is 19.1 Å². The number of piperazine rings is 1. The lowest BCUT2D eigenvalue weighted by Gasteiger charge is -2.35. The largest absolute Gasteiger partial charge is 0.493 e. The lowest BCUT2D eigenvalue weighted by atomic mass is 10.1. The highest BCUT2D eigenvalue weighted by molar-refractivity contribution is 7.92. The number of alkyl halides is 5. The zero-order valence-electron chi connectivity index (χ0n) is 19.6. The summed E-state index contributed by atoms with van der Waals surface area (Å²) < 4.78 is 95.6. The molecule has 36 heavy (non-hydrogen) atoms. The van der Waals surface area contributed by atoms with E-state index in [1.807, 2.05) is 11.9 Å². The number of carbonyl (C=O) groups excluding carboxylic acids is 1. The molecular weight excluding hydrogens is 513 g/mol. The summed E-state index contributed by atoms with van der Waals surface area (Å²) in [5.41, 5.74) is 0.674. The third-order valence-corrected chi connectivity index (χ3v) is 7.10. The molecule has 1 aliphatic heterocycles. The standard InChI is InChI=1S/C22H24F5N3O5S/c1-14-5-7-17(13-18(14)29-10-8-28(3)9-11-29)36(32,33)30(35-20(31)22(25,26)27)19-12-16(34-21(23)24)6-4-15(19)2/h4-7,12-13,21H,8-11H2,1-3H3. The number of hydrogen-bond donors (Lipinski definition) is 0. The molecule has 14 heteroatoms. The first-order valence-corrected chi connectivity index (χ1v) is 12.1. The molecule has 0 spiro atoms. The number of carbonyl (C=O) groups is 1. The number of rotatable bonds is 7. The first-order valence-electron chi connectivity index (χ1n) is 10.6. The molecule has 0 bridgehead atoms. The molecule has 0 N–H and O–H groups in total. The van der Waals surface area contributed by atoms with Crippen LogP contribution >= 0.6 is 0 Å². The van der Waals surface area contributed by atoms with Crippen LogP contribution in [0.5, 0.6) is 5.75 Å². The Balaban J connectivity index is 2.11. The van der Waals surface area contributed by atoms with Crippen molar-refractivity contribution in [2.45, 2.75) is 31.5 Å². The van der Waals surface area contributed by atoms with Gasteiger partial charge in [-0.15, -0.1) is 0 Å². The van der Waals surface area contributed by atoms with Gasteiger partial charge in [-0.25, -0.2) is 4.79 Å². The van der Waals surface area contributed by atoms with E-state index >= 15 is 0 Å². The molecule has 0 radical (unpaired) electrons. The summed E-state index contributed by atoms with van der Waals surface area (Å²) in [6, 6.07) is 6.87. The maximum absolute atomic E-state index is 13.5. The number of nitrogens with zero attached hydrogens (tertiary/aromatic N) is 3. The second kappa shape index (κ2) is 10.5. The molecule has 0 unspecified atom stereocenters. The molecular formula is C22H24F5N3O5S. The van der Waals surface area contributed by atoms with Crippen LogP contribution in [0.25, 0.3) is 0 Å². The maximum Gasteiger partial charge on any atom is 0.493 e. The van der Waals surface area contributed by atoms with Crippen LogP contribution in [0.1, 0.15) is 11.1 Å². The van der Waals surface area contributed by atoms with Crippen LogP contribution in [0.3, 0.4) is 0 Å². The van der Waals surface area contributed by atoms with E-state index in [0.29, 0.717) is 31.9 Å². The quantitative estimate of drug-likeness (QED) is 0.392. The number of hydrogen-bond acceptors (Lipinski definition) is 7. The van der Waals surface area contributed by atoms with Gasteiger partial charge in [-0.3, -0.25) is 0 Å². The fraction of sp³-hybridized carbons (Fsp3) is 0.409. The fourth-order valence-corrected chi connectivity index (χ4v) is 4.86. The van der Waals surface area contributed by atoms with Crippen molar-refractivity contribution in [3.8, 4) is 5.75 Å².